The minimum Gasteiger partial charge on any atom is -0.464 e. The Morgan fingerprint density at radius 2 is 2.08 bits per heavy atom. The van der Waals surface area contributed by atoms with Crippen LogP contribution >= 0.6 is 0 Å². The monoisotopic (exact) mass is 327 g/mol. The largest absolute Gasteiger partial charge is 0.464 e. The maximum absolute atomic E-state index is 12.1. The molecule has 0 aliphatic carbocycles. The van der Waals surface area contributed by atoms with Crippen LogP contribution in [-0.4, -0.2) is 34.3 Å². The third kappa shape index (κ3) is 3.52. The molecule has 1 atom stereocenters. The van der Waals surface area contributed by atoms with Crippen molar-refractivity contribution in [3.8, 4) is 11.8 Å². The number of carbonyl (C=O) groups is 2. The van der Waals surface area contributed by atoms with Crippen molar-refractivity contribution >= 4 is 17.7 Å². The lowest BCUT2D eigenvalue weighted by Gasteiger charge is -2.13. The molecule has 0 spiro atoms. The molecule has 2 rings (SSSR count). The van der Waals surface area contributed by atoms with E-state index < -0.39 is 17.9 Å². The molecule has 0 aliphatic rings. The van der Waals surface area contributed by atoms with Crippen molar-refractivity contribution in [2.75, 3.05) is 12.3 Å². The van der Waals surface area contributed by atoms with Gasteiger partial charge in [0, 0.05) is 5.56 Å². The van der Waals surface area contributed by atoms with Crippen LogP contribution < -0.4 is 11.1 Å². The molecule has 0 saturated carbocycles. The van der Waals surface area contributed by atoms with E-state index in [-0.39, 0.29) is 18.0 Å². The van der Waals surface area contributed by atoms with Gasteiger partial charge in [-0.1, -0.05) is 0 Å². The lowest BCUT2D eigenvalue weighted by Crippen LogP contribution is -2.39. The van der Waals surface area contributed by atoms with Crippen molar-refractivity contribution in [1.29, 1.82) is 5.26 Å². The number of carbonyl (C=O) groups excluding carboxylic acids is 2. The van der Waals surface area contributed by atoms with E-state index in [1.165, 1.54) is 10.9 Å². The van der Waals surface area contributed by atoms with Crippen LogP contribution in [-0.2, 0) is 9.53 Å². The van der Waals surface area contributed by atoms with E-state index in [1.807, 2.05) is 6.07 Å². The number of aromatic nitrogens is 2. The summed E-state index contributed by atoms with van der Waals surface area (Å²) in [6.07, 6.45) is 1.37. The van der Waals surface area contributed by atoms with Crippen LogP contribution in [0.4, 0.5) is 5.82 Å². The summed E-state index contributed by atoms with van der Waals surface area (Å²) in [4.78, 5) is 23.6. The van der Waals surface area contributed by atoms with Crippen molar-refractivity contribution in [3.05, 3.63) is 41.6 Å². The average molecular weight is 327 g/mol. The summed E-state index contributed by atoms with van der Waals surface area (Å²) >= 11 is 0. The maximum atomic E-state index is 12.1. The van der Waals surface area contributed by atoms with Gasteiger partial charge in [-0.15, -0.1) is 0 Å². The van der Waals surface area contributed by atoms with Crippen molar-refractivity contribution in [2.24, 2.45) is 0 Å². The Bertz CT molecular complexity index is 789. The number of nitrogens with one attached hydrogen (secondary N) is 1. The number of amides is 1. The van der Waals surface area contributed by atoms with Crippen molar-refractivity contribution in [2.45, 2.75) is 19.9 Å². The van der Waals surface area contributed by atoms with Gasteiger partial charge in [0.25, 0.3) is 5.91 Å². The van der Waals surface area contributed by atoms with Crippen molar-refractivity contribution in [3.63, 3.8) is 0 Å². The zero-order chi connectivity index (χ0) is 17.7. The number of benzene rings is 1. The first-order valence-electron chi connectivity index (χ1n) is 7.29. The number of ether oxygens (including phenoxy) is 1. The lowest BCUT2D eigenvalue weighted by molar-refractivity contribution is -0.144. The quantitative estimate of drug-likeness (QED) is 0.790. The summed E-state index contributed by atoms with van der Waals surface area (Å²) in [5, 5.41) is 15.5. The molecule has 1 aromatic carbocycles. The molecule has 0 fully saturated rings. The second-order valence-corrected chi connectivity index (χ2v) is 4.96. The highest BCUT2D eigenvalue weighted by Crippen LogP contribution is 2.16. The van der Waals surface area contributed by atoms with Crippen LogP contribution in [0.15, 0.2) is 30.5 Å². The van der Waals surface area contributed by atoms with Gasteiger partial charge < -0.3 is 15.8 Å². The predicted molar refractivity (Wildman–Crippen MR) is 86.3 cm³/mol. The number of nitrogens with zero attached hydrogens (tertiary/aromatic N) is 3. The molecule has 1 aromatic heterocycles. The van der Waals surface area contributed by atoms with Gasteiger partial charge in [-0.3, -0.25) is 4.79 Å². The number of esters is 1. The van der Waals surface area contributed by atoms with Crippen LogP contribution in [0.25, 0.3) is 5.69 Å². The molecule has 0 aliphatic heterocycles. The zero-order valence-corrected chi connectivity index (χ0v) is 13.3. The molecular weight excluding hydrogens is 310 g/mol. The van der Waals surface area contributed by atoms with E-state index in [1.54, 1.807) is 38.1 Å². The minimum absolute atomic E-state index is 0.227. The van der Waals surface area contributed by atoms with E-state index in [2.05, 4.69) is 10.4 Å². The predicted octanol–water partition coefficient (Wildman–Crippen LogP) is 1.01. The summed E-state index contributed by atoms with van der Waals surface area (Å²) in [7, 11) is 0. The number of nitrogens with two attached hydrogens (primary N) is 1. The maximum Gasteiger partial charge on any atom is 0.328 e. The summed E-state index contributed by atoms with van der Waals surface area (Å²) in [5.74, 6) is -0.658. The van der Waals surface area contributed by atoms with Crippen LogP contribution in [0.2, 0.25) is 0 Å². The van der Waals surface area contributed by atoms with Crippen LogP contribution in [0.5, 0.6) is 0 Å². The molecule has 124 valence electrons. The molecule has 2 aromatic rings. The van der Waals surface area contributed by atoms with Gasteiger partial charge in [0.1, 0.15) is 23.5 Å². The van der Waals surface area contributed by atoms with E-state index >= 15 is 0 Å². The van der Waals surface area contributed by atoms with Gasteiger partial charge in [-0.05, 0) is 38.1 Å². The Labute approximate surface area is 138 Å². The number of anilines is 1. The fourth-order valence-corrected chi connectivity index (χ4v) is 2.01. The molecule has 0 radical (unpaired) electrons. The van der Waals surface area contributed by atoms with Gasteiger partial charge in [0.05, 0.1) is 18.5 Å². The minimum atomic E-state index is -0.739. The van der Waals surface area contributed by atoms with Gasteiger partial charge in [-0.2, -0.15) is 10.4 Å². The first-order chi connectivity index (χ1) is 11.5. The number of rotatable bonds is 5. The topological polar surface area (TPSA) is 123 Å². The molecule has 1 heterocycles. The first kappa shape index (κ1) is 17.0. The Kier molecular flexibility index (Phi) is 5.16. The molecule has 0 bridgehead atoms. The fourth-order valence-electron chi connectivity index (χ4n) is 2.01. The second-order valence-electron chi connectivity index (χ2n) is 4.96. The number of hydrogen-bond acceptors (Lipinski definition) is 6. The lowest BCUT2D eigenvalue weighted by atomic mass is 10.2. The third-order valence-corrected chi connectivity index (χ3v) is 3.29. The summed E-state index contributed by atoms with van der Waals surface area (Å²) in [6, 6.07) is 7.66. The number of hydrogen-bond donors (Lipinski definition) is 2. The van der Waals surface area contributed by atoms with Crippen LogP contribution in [0.3, 0.4) is 0 Å². The zero-order valence-electron chi connectivity index (χ0n) is 13.3. The van der Waals surface area contributed by atoms with E-state index in [0.717, 1.165) is 0 Å². The molecule has 24 heavy (non-hydrogen) atoms. The normalized spacial score (nSPS) is 11.4. The third-order valence-electron chi connectivity index (χ3n) is 3.29. The second kappa shape index (κ2) is 7.28. The highest BCUT2D eigenvalue weighted by molar-refractivity contribution is 5.96. The Morgan fingerprint density at radius 1 is 1.42 bits per heavy atom. The molecule has 8 nitrogen and oxygen atoms in total. The highest BCUT2D eigenvalue weighted by atomic mass is 16.5. The molecule has 3 N–H and O–H groups in total. The Hall–Kier alpha value is -3.34. The molecular formula is C16H17N5O3. The van der Waals surface area contributed by atoms with Crippen LogP contribution in [0, 0.1) is 11.3 Å². The fraction of sp³-hybridized carbons (Fsp3) is 0.250. The van der Waals surface area contributed by atoms with Gasteiger partial charge in [0.2, 0.25) is 0 Å². The molecule has 8 heteroatoms. The Balaban J connectivity index is 2.11. The van der Waals surface area contributed by atoms with Gasteiger partial charge >= 0.3 is 5.97 Å². The van der Waals surface area contributed by atoms with Gasteiger partial charge in [-0.25, -0.2) is 9.48 Å². The highest BCUT2D eigenvalue weighted by Gasteiger charge is 2.17. The summed E-state index contributed by atoms with van der Waals surface area (Å²) in [5.41, 5.74) is 7.09. The van der Waals surface area contributed by atoms with Gasteiger partial charge in [0.15, 0.2) is 0 Å². The smallest absolute Gasteiger partial charge is 0.328 e. The average Bonchev–Trinajstić information content (AvgIpc) is 2.95. The van der Waals surface area contributed by atoms with Crippen LogP contribution in [0.1, 0.15) is 29.8 Å². The molecule has 1 amide bonds. The molecule has 0 saturated heterocycles. The summed E-state index contributed by atoms with van der Waals surface area (Å²) < 4.78 is 6.24. The van der Waals surface area contributed by atoms with Crippen molar-refractivity contribution < 1.29 is 14.3 Å². The SMILES string of the molecule is CCOC(=O)C(C)NC(=O)c1ccc(-n2ncc(C#N)c2N)cc1. The first-order valence-corrected chi connectivity index (χ1v) is 7.29. The standard InChI is InChI=1S/C16H17N5O3/c1-3-24-16(23)10(2)20-15(22)11-4-6-13(7-5-11)21-14(18)12(8-17)9-19-21/h4-7,9-10H,3,18H2,1-2H3,(H,20,22). The summed E-state index contributed by atoms with van der Waals surface area (Å²) in [6.45, 7) is 3.51. The van der Waals surface area contributed by atoms with Crippen molar-refractivity contribution in [1.82, 2.24) is 15.1 Å². The Morgan fingerprint density at radius 3 is 2.62 bits per heavy atom. The number of nitrogen functional groups attached to an aromatic ring is 1. The van der Waals surface area contributed by atoms with E-state index in [0.29, 0.717) is 11.3 Å². The van der Waals surface area contributed by atoms with E-state index in [4.69, 9.17) is 15.7 Å². The molecule has 1 unspecified atom stereocenters. The van der Waals surface area contributed by atoms with E-state index in [9.17, 15) is 9.59 Å². The number of nitriles is 1.